The van der Waals surface area contributed by atoms with Gasteiger partial charge < -0.3 is 14.8 Å². The summed E-state index contributed by atoms with van der Waals surface area (Å²) in [4.78, 5) is 34.7. The topological polar surface area (TPSA) is 132 Å². The molecule has 0 aliphatic rings. The van der Waals surface area contributed by atoms with E-state index in [-0.39, 0.29) is 23.8 Å². The first-order valence-electron chi connectivity index (χ1n) is 10.5. The average molecular weight is 476 g/mol. The first-order valence-corrected chi connectivity index (χ1v) is 10.5. The van der Waals surface area contributed by atoms with E-state index >= 15 is 0 Å². The summed E-state index contributed by atoms with van der Waals surface area (Å²) in [6.45, 7) is 3.75. The van der Waals surface area contributed by atoms with Gasteiger partial charge in [-0.1, -0.05) is 12.1 Å². The molecule has 2 N–H and O–H groups in total. The number of nitrogens with zero attached hydrogens (tertiary/aromatic N) is 2. The lowest BCUT2D eigenvalue weighted by Gasteiger charge is -2.12. The van der Waals surface area contributed by atoms with Crippen LogP contribution in [0.3, 0.4) is 0 Å². The van der Waals surface area contributed by atoms with Gasteiger partial charge in [0.1, 0.15) is 0 Å². The van der Waals surface area contributed by atoms with E-state index in [0.717, 1.165) is 17.2 Å². The molecule has 180 valence electrons. The number of nitro groups is 1. The van der Waals surface area contributed by atoms with Crippen molar-refractivity contribution in [1.29, 1.82) is 0 Å². The molecule has 3 aromatic carbocycles. The van der Waals surface area contributed by atoms with Crippen molar-refractivity contribution in [3.8, 4) is 11.5 Å². The molecule has 0 radical (unpaired) electrons. The van der Waals surface area contributed by atoms with Crippen LogP contribution in [0.15, 0.2) is 65.8 Å². The van der Waals surface area contributed by atoms with Crippen LogP contribution in [-0.4, -0.2) is 36.7 Å². The van der Waals surface area contributed by atoms with Crippen molar-refractivity contribution in [2.24, 2.45) is 5.10 Å². The molecule has 0 heterocycles. The molecule has 3 aromatic rings. The molecule has 0 fully saturated rings. The summed E-state index contributed by atoms with van der Waals surface area (Å²) in [5.74, 6) is -0.171. The van der Waals surface area contributed by atoms with Gasteiger partial charge in [0.15, 0.2) is 18.1 Å². The van der Waals surface area contributed by atoms with E-state index in [9.17, 15) is 19.7 Å². The summed E-state index contributed by atoms with van der Waals surface area (Å²) < 4.78 is 10.9. The molecule has 0 unspecified atom stereocenters. The Morgan fingerprint density at radius 3 is 2.54 bits per heavy atom. The number of ether oxygens (including phenoxy) is 2. The number of hydrogen-bond donors (Lipinski definition) is 2. The Kier molecular flexibility index (Phi) is 8.12. The predicted octanol–water partition coefficient (Wildman–Crippen LogP) is 4.00. The number of carbonyl (C=O) groups is 2. The Labute approximate surface area is 201 Å². The summed E-state index contributed by atoms with van der Waals surface area (Å²) in [7, 11) is 1.46. The van der Waals surface area contributed by atoms with Crippen molar-refractivity contribution in [2.75, 3.05) is 19.0 Å². The van der Waals surface area contributed by atoms with Crippen LogP contribution in [0.5, 0.6) is 11.5 Å². The quantitative estimate of drug-likeness (QED) is 0.273. The zero-order valence-corrected chi connectivity index (χ0v) is 19.4. The smallest absolute Gasteiger partial charge is 0.271 e. The van der Waals surface area contributed by atoms with Crippen LogP contribution in [0, 0.1) is 24.0 Å². The minimum atomic E-state index is -0.591. The van der Waals surface area contributed by atoms with Crippen LogP contribution >= 0.6 is 0 Å². The molecule has 0 atom stereocenters. The Bertz CT molecular complexity index is 1290. The molecule has 0 aromatic heterocycles. The molecular weight excluding hydrogens is 452 g/mol. The molecule has 0 bridgehead atoms. The van der Waals surface area contributed by atoms with Crippen molar-refractivity contribution in [1.82, 2.24) is 5.43 Å². The van der Waals surface area contributed by atoms with Gasteiger partial charge in [0.25, 0.3) is 17.5 Å². The van der Waals surface area contributed by atoms with Crippen molar-refractivity contribution < 1.29 is 24.0 Å². The van der Waals surface area contributed by atoms with Crippen molar-refractivity contribution >= 4 is 29.4 Å². The van der Waals surface area contributed by atoms with Gasteiger partial charge in [-0.3, -0.25) is 19.7 Å². The maximum atomic E-state index is 12.3. The number of hydrazone groups is 1. The first kappa shape index (κ1) is 24.9. The molecule has 0 aliphatic heterocycles. The van der Waals surface area contributed by atoms with Crippen LogP contribution in [0.25, 0.3) is 0 Å². The van der Waals surface area contributed by atoms with Crippen LogP contribution < -0.4 is 20.2 Å². The lowest BCUT2D eigenvalue weighted by Crippen LogP contribution is -2.20. The van der Waals surface area contributed by atoms with E-state index in [2.05, 4.69) is 15.8 Å². The fourth-order valence-corrected chi connectivity index (χ4v) is 3.03. The van der Waals surface area contributed by atoms with Gasteiger partial charge in [-0.25, -0.2) is 5.43 Å². The third-order valence-corrected chi connectivity index (χ3v) is 5.04. The second kappa shape index (κ2) is 11.4. The molecule has 35 heavy (non-hydrogen) atoms. The number of non-ortho nitro benzene ring substituents is 1. The summed E-state index contributed by atoms with van der Waals surface area (Å²) in [5, 5.41) is 17.5. The van der Waals surface area contributed by atoms with Crippen molar-refractivity contribution in [2.45, 2.75) is 13.8 Å². The van der Waals surface area contributed by atoms with Crippen molar-refractivity contribution in [3.05, 3.63) is 93.0 Å². The van der Waals surface area contributed by atoms with E-state index in [4.69, 9.17) is 9.47 Å². The number of nitrogens with one attached hydrogen (secondary N) is 2. The normalized spacial score (nSPS) is 10.6. The molecule has 0 saturated heterocycles. The minimum Gasteiger partial charge on any atom is -0.493 e. The van der Waals surface area contributed by atoms with Gasteiger partial charge >= 0.3 is 0 Å². The van der Waals surface area contributed by atoms with Crippen LogP contribution in [0.4, 0.5) is 11.4 Å². The number of hydrogen-bond acceptors (Lipinski definition) is 7. The standard InChI is InChI=1S/C25H24N4O6/c1-16-7-9-20(11-17(16)2)27-24(30)15-35-22-10-8-18(12-23(22)34-3)14-26-28-25(31)19-5-4-6-21(13-19)29(32)33/h4-14H,15H2,1-3H3,(H,27,30)(H,28,31). The first-order chi connectivity index (χ1) is 16.8. The second-order valence-corrected chi connectivity index (χ2v) is 7.55. The van der Waals surface area contributed by atoms with E-state index in [1.165, 1.54) is 31.5 Å². The zero-order chi connectivity index (χ0) is 25.4. The summed E-state index contributed by atoms with van der Waals surface area (Å²) in [6, 6.07) is 15.9. The largest absolute Gasteiger partial charge is 0.493 e. The maximum absolute atomic E-state index is 12.3. The highest BCUT2D eigenvalue weighted by molar-refractivity contribution is 5.95. The summed E-state index contributed by atoms with van der Waals surface area (Å²) in [5.41, 5.74) is 5.72. The number of carbonyl (C=O) groups excluding carboxylic acids is 2. The Hall–Kier alpha value is -4.73. The van der Waals surface area contributed by atoms with Crippen LogP contribution in [0.2, 0.25) is 0 Å². The van der Waals surface area contributed by atoms with Crippen LogP contribution in [0.1, 0.15) is 27.0 Å². The highest BCUT2D eigenvalue weighted by Gasteiger charge is 2.11. The fourth-order valence-electron chi connectivity index (χ4n) is 3.03. The monoisotopic (exact) mass is 476 g/mol. The Balaban J connectivity index is 1.58. The third kappa shape index (κ3) is 6.87. The van der Waals surface area contributed by atoms with Gasteiger partial charge in [0, 0.05) is 23.4 Å². The molecule has 0 spiro atoms. The van der Waals surface area contributed by atoms with Gasteiger partial charge in [-0.2, -0.15) is 5.10 Å². The number of anilines is 1. The summed E-state index contributed by atoms with van der Waals surface area (Å²) in [6.07, 6.45) is 1.38. The van der Waals surface area contributed by atoms with E-state index in [0.29, 0.717) is 22.7 Å². The van der Waals surface area contributed by atoms with Crippen LogP contribution in [-0.2, 0) is 4.79 Å². The Morgan fingerprint density at radius 1 is 1.03 bits per heavy atom. The molecule has 0 saturated carbocycles. The van der Waals surface area contributed by atoms with E-state index in [1.54, 1.807) is 18.2 Å². The molecule has 2 amide bonds. The Morgan fingerprint density at radius 2 is 1.83 bits per heavy atom. The van der Waals surface area contributed by atoms with Crippen molar-refractivity contribution in [3.63, 3.8) is 0 Å². The molecule has 10 heteroatoms. The molecular formula is C25H24N4O6. The SMILES string of the molecule is COc1cc(C=NNC(=O)c2cccc([N+](=O)[O-])c2)ccc1OCC(=O)Nc1ccc(C)c(C)c1. The lowest BCUT2D eigenvalue weighted by molar-refractivity contribution is -0.384. The number of methoxy groups -OCH3 is 1. The number of amides is 2. The second-order valence-electron chi connectivity index (χ2n) is 7.55. The summed E-state index contributed by atoms with van der Waals surface area (Å²) >= 11 is 0. The van der Waals surface area contributed by atoms with Gasteiger partial charge in [0.05, 0.1) is 18.2 Å². The van der Waals surface area contributed by atoms with Gasteiger partial charge in [-0.15, -0.1) is 0 Å². The predicted molar refractivity (Wildman–Crippen MR) is 131 cm³/mol. The van der Waals surface area contributed by atoms with E-state index < -0.39 is 10.8 Å². The number of nitro benzene ring substituents is 1. The van der Waals surface area contributed by atoms with Gasteiger partial charge in [-0.05, 0) is 66.9 Å². The number of aryl methyl sites for hydroxylation is 2. The molecule has 3 rings (SSSR count). The lowest BCUT2D eigenvalue weighted by atomic mass is 10.1. The highest BCUT2D eigenvalue weighted by Crippen LogP contribution is 2.27. The fraction of sp³-hybridized carbons (Fsp3) is 0.160. The minimum absolute atomic E-state index is 0.108. The van der Waals surface area contributed by atoms with E-state index in [1.807, 2.05) is 32.0 Å². The highest BCUT2D eigenvalue weighted by atomic mass is 16.6. The number of rotatable bonds is 9. The average Bonchev–Trinajstić information content (AvgIpc) is 2.85. The zero-order valence-electron chi connectivity index (χ0n) is 19.4. The van der Waals surface area contributed by atoms with Gasteiger partial charge in [0.2, 0.25) is 0 Å². The third-order valence-electron chi connectivity index (χ3n) is 5.04. The molecule has 0 aliphatic carbocycles. The number of benzene rings is 3. The maximum Gasteiger partial charge on any atom is 0.271 e. The molecule has 10 nitrogen and oxygen atoms in total.